The summed E-state index contributed by atoms with van der Waals surface area (Å²) in [6.07, 6.45) is 7.29. The number of halogens is 1. The molecule has 2 rings (SSSR count). The predicted molar refractivity (Wildman–Crippen MR) is 115 cm³/mol. The van der Waals surface area contributed by atoms with Crippen LogP contribution in [-0.4, -0.2) is 50.5 Å². The molecule has 0 bridgehead atoms. The number of amides is 1. The summed E-state index contributed by atoms with van der Waals surface area (Å²) in [5, 5.41) is 6.89. The smallest absolute Gasteiger partial charge is 0.253 e. The average molecular weight is 458 g/mol. The Hall–Kier alpha value is -1.31. The van der Waals surface area contributed by atoms with Gasteiger partial charge in [0, 0.05) is 39.3 Å². The van der Waals surface area contributed by atoms with Crippen LogP contribution in [0.1, 0.15) is 48.0 Å². The molecule has 1 aliphatic rings. The SMILES string of the molecule is CN=C(NCCc1cccc(C(=O)N(C)C)c1)NC1CCCCC1.I. The maximum Gasteiger partial charge on any atom is 0.253 e. The molecule has 0 unspecified atom stereocenters. The summed E-state index contributed by atoms with van der Waals surface area (Å²) in [5.41, 5.74) is 1.89. The first kappa shape index (κ1) is 21.7. The number of hydrogen-bond donors (Lipinski definition) is 2. The van der Waals surface area contributed by atoms with Crippen molar-refractivity contribution in [2.24, 2.45) is 4.99 Å². The highest BCUT2D eigenvalue weighted by atomic mass is 127. The van der Waals surface area contributed by atoms with Crippen molar-refractivity contribution < 1.29 is 4.79 Å². The molecule has 1 aliphatic carbocycles. The number of rotatable bonds is 5. The second-order valence-corrected chi connectivity index (χ2v) is 6.63. The third-order valence-corrected chi connectivity index (χ3v) is 4.46. The molecule has 1 fully saturated rings. The molecule has 2 N–H and O–H groups in total. The van der Waals surface area contributed by atoms with Crippen LogP contribution in [0, 0.1) is 0 Å². The van der Waals surface area contributed by atoms with Crippen molar-refractivity contribution >= 4 is 35.8 Å². The number of carbonyl (C=O) groups is 1. The Labute approximate surface area is 168 Å². The highest BCUT2D eigenvalue weighted by Crippen LogP contribution is 2.17. The van der Waals surface area contributed by atoms with Crippen LogP contribution in [0.4, 0.5) is 0 Å². The van der Waals surface area contributed by atoms with Gasteiger partial charge >= 0.3 is 0 Å². The van der Waals surface area contributed by atoms with Gasteiger partial charge in [-0.3, -0.25) is 9.79 Å². The fraction of sp³-hybridized carbons (Fsp3) is 0.579. The summed E-state index contributed by atoms with van der Waals surface area (Å²) < 4.78 is 0. The summed E-state index contributed by atoms with van der Waals surface area (Å²) in [6.45, 7) is 0.798. The number of aliphatic imine (C=N–C) groups is 1. The van der Waals surface area contributed by atoms with Crippen LogP contribution in [-0.2, 0) is 6.42 Å². The van der Waals surface area contributed by atoms with Gasteiger partial charge in [-0.25, -0.2) is 0 Å². The zero-order valence-corrected chi connectivity index (χ0v) is 17.9. The third-order valence-electron chi connectivity index (χ3n) is 4.46. The minimum Gasteiger partial charge on any atom is -0.356 e. The summed E-state index contributed by atoms with van der Waals surface area (Å²) in [7, 11) is 5.36. The van der Waals surface area contributed by atoms with Crippen LogP contribution >= 0.6 is 24.0 Å². The second-order valence-electron chi connectivity index (χ2n) is 6.63. The highest BCUT2D eigenvalue weighted by molar-refractivity contribution is 14.0. The molecule has 0 saturated heterocycles. The van der Waals surface area contributed by atoms with E-state index in [-0.39, 0.29) is 29.9 Å². The van der Waals surface area contributed by atoms with Gasteiger partial charge in [0.1, 0.15) is 0 Å². The second kappa shape index (κ2) is 11.3. The van der Waals surface area contributed by atoms with E-state index in [1.165, 1.54) is 32.1 Å². The van der Waals surface area contributed by atoms with Crippen LogP contribution in [0.3, 0.4) is 0 Å². The number of guanidine groups is 1. The topological polar surface area (TPSA) is 56.7 Å². The van der Waals surface area contributed by atoms with Crippen LogP contribution in [0.5, 0.6) is 0 Å². The molecule has 0 aromatic heterocycles. The Morgan fingerprint density at radius 1 is 1.24 bits per heavy atom. The van der Waals surface area contributed by atoms with Crippen LogP contribution in [0.15, 0.2) is 29.3 Å². The van der Waals surface area contributed by atoms with E-state index in [2.05, 4.69) is 21.7 Å². The summed E-state index contributed by atoms with van der Waals surface area (Å²) in [5.74, 6) is 0.919. The van der Waals surface area contributed by atoms with Crippen molar-refractivity contribution in [3.8, 4) is 0 Å². The van der Waals surface area contributed by atoms with Gasteiger partial charge in [-0.1, -0.05) is 31.4 Å². The monoisotopic (exact) mass is 458 g/mol. The summed E-state index contributed by atoms with van der Waals surface area (Å²) in [6, 6.07) is 8.39. The molecule has 0 heterocycles. The first-order chi connectivity index (χ1) is 11.6. The fourth-order valence-electron chi connectivity index (χ4n) is 3.08. The maximum absolute atomic E-state index is 12.0. The first-order valence-electron chi connectivity index (χ1n) is 8.88. The third kappa shape index (κ3) is 7.22. The van der Waals surface area contributed by atoms with E-state index in [1.54, 1.807) is 19.0 Å². The normalized spacial score (nSPS) is 15.2. The van der Waals surface area contributed by atoms with Gasteiger partial charge in [-0.2, -0.15) is 0 Å². The quantitative estimate of drug-likeness (QED) is 0.405. The molecule has 25 heavy (non-hydrogen) atoms. The Kier molecular flexibility index (Phi) is 9.85. The molecule has 0 spiro atoms. The van der Waals surface area contributed by atoms with Gasteiger partial charge in [0.05, 0.1) is 0 Å². The van der Waals surface area contributed by atoms with Crippen molar-refractivity contribution in [2.75, 3.05) is 27.7 Å². The largest absolute Gasteiger partial charge is 0.356 e. The molecule has 5 nitrogen and oxygen atoms in total. The molecule has 140 valence electrons. The van der Waals surface area contributed by atoms with E-state index in [0.717, 1.165) is 30.1 Å². The van der Waals surface area contributed by atoms with Gasteiger partial charge in [0.2, 0.25) is 0 Å². The van der Waals surface area contributed by atoms with Crippen molar-refractivity contribution in [2.45, 2.75) is 44.6 Å². The van der Waals surface area contributed by atoms with Crippen LogP contribution in [0.2, 0.25) is 0 Å². The molecular formula is C19H31IN4O. The van der Waals surface area contributed by atoms with E-state index in [0.29, 0.717) is 6.04 Å². The molecule has 6 heteroatoms. The molecule has 0 aliphatic heterocycles. The Bertz CT molecular complexity index is 568. The van der Waals surface area contributed by atoms with E-state index in [1.807, 2.05) is 25.2 Å². The highest BCUT2D eigenvalue weighted by Gasteiger charge is 2.14. The minimum atomic E-state index is 0. The molecule has 0 atom stereocenters. The van der Waals surface area contributed by atoms with Crippen molar-refractivity contribution in [3.63, 3.8) is 0 Å². The number of nitrogens with zero attached hydrogens (tertiary/aromatic N) is 2. The molecular weight excluding hydrogens is 427 g/mol. The van der Waals surface area contributed by atoms with E-state index in [4.69, 9.17) is 0 Å². The zero-order chi connectivity index (χ0) is 17.4. The Balaban J connectivity index is 0.00000312. The molecule has 1 aromatic rings. The zero-order valence-electron chi connectivity index (χ0n) is 15.5. The summed E-state index contributed by atoms with van der Waals surface area (Å²) >= 11 is 0. The van der Waals surface area contributed by atoms with E-state index < -0.39 is 0 Å². The molecule has 1 saturated carbocycles. The lowest BCUT2D eigenvalue weighted by Crippen LogP contribution is -2.44. The standard InChI is InChI=1S/C19H30N4O.HI/c1-20-19(22-17-10-5-4-6-11-17)21-13-12-15-8-7-9-16(14-15)18(24)23(2)3;/h7-9,14,17H,4-6,10-13H2,1-3H3,(H2,20,21,22);1H. The fourth-order valence-corrected chi connectivity index (χ4v) is 3.08. The molecule has 0 radical (unpaired) electrons. The van der Waals surface area contributed by atoms with Crippen molar-refractivity contribution in [3.05, 3.63) is 35.4 Å². The van der Waals surface area contributed by atoms with Gasteiger partial charge < -0.3 is 15.5 Å². The number of hydrogen-bond acceptors (Lipinski definition) is 2. The average Bonchev–Trinajstić information content (AvgIpc) is 2.61. The Morgan fingerprint density at radius 3 is 2.60 bits per heavy atom. The lowest BCUT2D eigenvalue weighted by molar-refractivity contribution is 0.0827. The molecule has 1 amide bonds. The first-order valence-corrected chi connectivity index (χ1v) is 8.88. The molecule has 1 aromatic carbocycles. The van der Waals surface area contributed by atoms with Crippen molar-refractivity contribution in [1.29, 1.82) is 0 Å². The minimum absolute atomic E-state index is 0. The maximum atomic E-state index is 12.0. The van der Waals surface area contributed by atoms with E-state index in [9.17, 15) is 4.79 Å². The lowest BCUT2D eigenvalue weighted by atomic mass is 9.96. The number of carbonyl (C=O) groups excluding carboxylic acids is 1. The van der Waals surface area contributed by atoms with Crippen LogP contribution in [0.25, 0.3) is 0 Å². The Morgan fingerprint density at radius 2 is 1.96 bits per heavy atom. The van der Waals surface area contributed by atoms with Gasteiger partial charge in [0.15, 0.2) is 5.96 Å². The summed E-state index contributed by atoms with van der Waals surface area (Å²) in [4.78, 5) is 17.9. The lowest BCUT2D eigenvalue weighted by Gasteiger charge is -2.24. The number of nitrogens with one attached hydrogen (secondary N) is 2. The van der Waals surface area contributed by atoms with E-state index >= 15 is 0 Å². The van der Waals surface area contributed by atoms with Gasteiger partial charge in [-0.15, -0.1) is 24.0 Å². The van der Waals surface area contributed by atoms with Gasteiger partial charge in [0.25, 0.3) is 5.91 Å². The van der Waals surface area contributed by atoms with Gasteiger partial charge in [-0.05, 0) is 37.0 Å². The van der Waals surface area contributed by atoms with Crippen molar-refractivity contribution in [1.82, 2.24) is 15.5 Å². The van der Waals surface area contributed by atoms with Crippen LogP contribution < -0.4 is 10.6 Å². The number of benzene rings is 1. The predicted octanol–water partition coefficient (Wildman–Crippen LogP) is 3.05.